The van der Waals surface area contributed by atoms with E-state index in [1.165, 1.54) is 31.4 Å². The third-order valence-corrected chi connectivity index (χ3v) is 4.33. The zero-order chi connectivity index (χ0) is 19.6. The van der Waals surface area contributed by atoms with E-state index in [1.807, 2.05) is 31.2 Å². The number of esters is 2. The van der Waals surface area contributed by atoms with E-state index in [4.69, 9.17) is 4.74 Å². The molecule has 1 unspecified atom stereocenters. The highest BCUT2D eigenvalue weighted by Gasteiger charge is 2.25. The Morgan fingerprint density at radius 3 is 2.15 bits per heavy atom. The molecule has 0 bridgehead atoms. The minimum absolute atomic E-state index is 0.248. The number of benzene rings is 2. The Bertz CT molecular complexity index is 1020. The van der Waals surface area contributed by atoms with Crippen molar-refractivity contribution >= 4 is 28.6 Å². The maximum atomic E-state index is 12.8. The molecule has 27 heavy (non-hydrogen) atoms. The zero-order valence-corrected chi connectivity index (χ0v) is 15.2. The number of nitrogens with one attached hydrogen (secondary N) is 1. The van der Waals surface area contributed by atoms with Gasteiger partial charge in [0.1, 0.15) is 0 Å². The SMILES string of the molecule is COC(=O)c1ccc(C(=O)OC(C)C(=O)c2c(C)[nH]c3ccccc23)cc1. The van der Waals surface area contributed by atoms with Gasteiger partial charge in [-0.05, 0) is 44.2 Å². The predicted molar refractivity (Wildman–Crippen MR) is 100 cm³/mol. The van der Waals surface area contributed by atoms with Crippen molar-refractivity contribution in [3.63, 3.8) is 0 Å². The van der Waals surface area contributed by atoms with Crippen molar-refractivity contribution in [2.45, 2.75) is 20.0 Å². The number of H-pyrrole nitrogens is 1. The van der Waals surface area contributed by atoms with E-state index >= 15 is 0 Å². The molecule has 138 valence electrons. The van der Waals surface area contributed by atoms with Gasteiger partial charge in [0.2, 0.25) is 5.78 Å². The maximum absolute atomic E-state index is 12.8. The van der Waals surface area contributed by atoms with Gasteiger partial charge in [-0.15, -0.1) is 0 Å². The smallest absolute Gasteiger partial charge is 0.338 e. The van der Waals surface area contributed by atoms with Crippen molar-refractivity contribution in [2.75, 3.05) is 7.11 Å². The number of carbonyl (C=O) groups excluding carboxylic acids is 3. The molecule has 0 saturated heterocycles. The first-order valence-electron chi connectivity index (χ1n) is 8.43. The van der Waals surface area contributed by atoms with Gasteiger partial charge in [0, 0.05) is 22.2 Å². The van der Waals surface area contributed by atoms with Crippen LogP contribution < -0.4 is 0 Å². The van der Waals surface area contributed by atoms with E-state index in [2.05, 4.69) is 9.72 Å². The number of carbonyl (C=O) groups is 3. The van der Waals surface area contributed by atoms with E-state index < -0.39 is 18.0 Å². The number of para-hydroxylation sites is 1. The Kier molecular flexibility index (Phi) is 5.07. The number of Topliss-reactive ketones (excluding diaryl/α,β-unsaturated/α-hetero) is 1. The molecule has 0 aliphatic rings. The molecule has 1 N–H and O–H groups in total. The van der Waals surface area contributed by atoms with Crippen LogP contribution in [0.15, 0.2) is 48.5 Å². The average Bonchev–Trinajstić information content (AvgIpc) is 3.02. The van der Waals surface area contributed by atoms with Gasteiger partial charge in [-0.25, -0.2) is 9.59 Å². The summed E-state index contributed by atoms with van der Waals surface area (Å²) in [6.45, 7) is 3.36. The highest BCUT2D eigenvalue weighted by Crippen LogP contribution is 2.24. The average molecular weight is 365 g/mol. The van der Waals surface area contributed by atoms with E-state index in [-0.39, 0.29) is 11.3 Å². The van der Waals surface area contributed by atoms with E-state index in [9.17, 15) is 14.4 Å². The fourth-order valence-electron chi connectivity index (χ4n) is 2.94. The van der Waals surface area contributed by atoms with Crippen LogP contribution >= 0.6 is 0 Å². The summed E-state index contributed by atoms with van der Waals surface area (Å²) in [7, 11) is 1.28. The Morgan fingerprint density at radius 1 is 0.926 bits per heavy atom. The number of ketones is 1. The van der Waals surface area contributed by atoms with Crippen molar-refractivity contribution in [2.24, 2.45) is 0 Å². The molecule has 0 spiro atoms. The second-order valence-electron chi connectivity index (χ2n) is 6.15. The van der Waals surface area contributed by atoms with Crippen LogP contribution in [0, 0.1) is 6.92 Å². The van der Waals surface area contributed by atoms with E-state index in [1.54, 1.807) is 6.92 Å². The standard InChI is InChI=1S/C21H19NO5/c1-12-18(16-6-4-5-7-17(16)22-12)19(23)13(2)27-21(25)15-10-8-14(9-11-15)20(24)26-3/h4-11,13,22H,1-3H3. The maximum Gasteiger partial charge on any atom is 0.338 e. The van der Waals surface area contributed by atoms with Crippen LogP contribution in [0.3, 0.4) is 0 Å². The van der Waals surface area contributed by atoms with Crippen molar-refractivity contribution < 1.29 is 23.9 Å². The lowest BCUT2D eigenvalue weighted by Gasteiger charge is -2.13. The topological polar surface area (TPSA) is 85.5 Å². The van der Waals surface area contributed by atoms with Gasteiger partial charge in [-0.3, -0.25) is 4.79 Å². The molecule has 0 radical (unpaired) electrons. The van der Waals surface area contributed by atoms with Crippen LogP contribution in [0.1, 0.15) is 43.7 Å². The van der Waals surface area contributed by atoms with Crippen molar-refractivity contribution in [3.8, 4) is 0 Å². The molecule has 0 aliphatic carbocycles. The zero-order valence-electron chi connectivity index (χ0n) is 15.2. The lowest BCUT2D eigenvalue weighted by atomic mass is 10.0. The van der Waals surface area contributed by atoms with Crippen LogP contribution in [0.5, 0.6) is 0 Å². The molecule has 0 fully saturated rings. The van der Waals surface area contributed by atoms with Crippen LogP contribution in [0.4, 0.5) is 0 Å². The number of ether oxygens (including phenoxy) is 2. The molecule has 1 atom stereocenters. The minimum atomic E-state index is -0.948. The second kappa shape index (κ2) is 7.45. The molecule has 1 heterocycles. The Labute approximate surface area is 156 Å². The summed E-state index contributed by atoms with van der Waals surface area (Å²) in [6, 6.07) is 13.3. The summed E-state index contributed by atoms with van der Waals surface area (Å²) in [5, 5.41) is 0.797. The second-order valence-corrected chi connectivity index (χ2v) is 6.15. The van der Waals surface area contributed by atoms with Crippen molar-refractivity contribution in [1.29, 1.82) is 0 Å². The number of aryl methyl sites for hydroxylation is 1. The third-order valence-electron chi connectivity index (χ3n) is 4.33. The first-order valence-corrected chi connectivity index (χ1v) is 8.43. The number of hydrogen-bond donors (Lipinski definition) is 1. The lowest BCUT2D eigenvalue weighted by molar-refractivity contribution is 0.0319. The Balaban J connectivity index is 1.77. The fourth-order valence-corrected chi connectivity index (χ4v) is 2.94. The normalized spacial score (nSPS) is 11.8. The largest absolute Gasteiger partial charge is 0.465 e. The summed E-state index contributed by atoms with van der Waals surface area (Å²) in [5.74, 6) is -1.40. The molecule has 3 rings (SSSR count). The van der Waals surface area contributed by atoms with Crippen molar-refractivity contribution in [1.82, 2.24) is 4.98 Å². The predicted octanol–water partition coefficient (Wildman–Crippen LogP) is 3.69. The number of fused-ring (bicyclic) bond motifs is 1. The number of aromatic nitrogens is 1. The van der Waals surface area contributed by atoms with Gasteiger partial charge in [0.25, 0.3) is 0 Å². The molecule has 6 heteroatoms. The first kappa shape index (κ1) is 18.4. The van der Waals surface area contributed by atoms with Crippen LogP contribution in [0.2, 0.25) is 0 Å². The molecule has 1 aromatic heterocycles. The Morgan fingerprint density at radius 2 is 1.52 bits per heavy atom. The summed E-state index contributed by atoms with van der Waals surface area (Å²) in [4.78, 5) is 39.8. The third kappa shape index (κ3) is 3.60. The molecule has 0 amide bonds. The molecular formula is C21H19NO5. The van der Waals surface area contributed by atoms with E-state index in [0.717, 1.165) is 16.6 Å². The fraction of sp³-hybridized carbons (Fsp3) is 0.190. The molecular weight excluding hydrogens is 346 g/mol. The summed E-state index contributed by atoms with van der Waals surface area (Å²) in [5.41, 5.74) is 2.68. The molecule has 0 aliphatic heterocycles. The number of aromatic amines is 1. The van der Waals surface area contributed by atoms with Gasteiger partial charge >= 0.3 is 11.9 Å². The number of hydrogen-bond acceptors (Lipinski definition) is 5. The highest BCUT2D eigenvalue weighted by molar-refractivity contribution is 6.11. The molecule has 0 saturated carbocycles. The molecule has 6 nitrogen and oxygen atoms in total. The summed E-state index contributed by atoms with van der Waals surface area (Å²) in [6.07, 6.45) is -0.948. The van der Waals surface area contributed by atoms with E-state index in [0.29, 0.717) is 11.1 Å². The highest BCUT2D eigenvalue weighted by atomic mass is 16.5. The summed E-state index contributed by atoms with van der Waals surface area (Å²) < 4.78 is 9.95. The Hall–Kier alpha value is -3.41. The van der Waals surface area contributed by atoms with Crippen LogP contribution in [0.25, 0.3) is 10.9 Å². The molecule has 3 aromatic rings. The quantitative estimate of drug-likeness (QED) is 0.550. The minimum Gasteiger partial charge on any atom is -0.465 e. The van der Waals surface area contributed by atoms with Crippen LogP contribution in [-0.2, 0) is 9.47 Å². The number of methoxy groups -OCH3 is 1. The molecule has 2 aromatic carbocycles. The van der Waals surface area contributed by atoms with Gasteiger partial charge in [0.05, 0.1) is 18.2 Å². The van der Waals surface area contributed by atoms with Gasteiger partial charge in [-0.1, -0.05) is 18.2 Å². The monoisotopic (exact) mass is 365 g/mol. The van der Waals surface area contributed by atoms with Gasteiger partial charge in [-0.2, -0.15) is 0 Å². The first-order chi connectivity index (χ1) is 12.9. The summed E-state index contributed by atoms with van der Waals surface area (Å²) >= 11 is 0. The van der Waals surface area contributed by atoms with Gasteiger partial charge < -0.3 is 14.5 Å². The lowest BCUT2D eigenvalue weighted by Crippen LogP contribution is -2.25. The van der Waals surface area contributed by atoms with Crippen molar-refractivity contribution in [3.05, 3.63) is 70.9 Å². The van der Waals surface area contributed by atoms with Gasteiger partial charge in [0.15, 0.2) is 6.10 Å². The van der Waals surface area contributed by atoms with Crippen LogP contribution in [-0.4, -0.2) is 35.9 Å². The number of rotatable bonds is 5.